The fraction of sp³-hybridized carbons (Fsp3) is 0.500. The zero-order valence-corrected chi connectivity index (χ0v) is 10.3. The minimum absolute atomic E-state index is 0.580. The summed E-state index contributed by atoms with van der Waals surface area (Å²) in [5.74, 6) is 1.43. The van der Waals surface area contributed by atoms with Crippen LogP contribution < -0.4 is 5.32 Å². The van der Waals surface area contributed by atoms with Crippen molar-refractivity contribution in [3.8, 4) is 0 Å². The first kappa shape index (κ1) is 11.9. The molecule has 92 valence electrons. The van der Waals surface area contributed by atoms with Gasteiger partial charge < -0.3 is 10.1 Å². The summed E-state index contributed by atoms with van der Waals surface area (Å²) in [5.41, 5.74) is 0.845. The molecule has 0 radical (unpaired) electrons. The molecule has 2 aromatic rings. The topological polar surface area (TPSA) is 51.5 Å². The third-order valence-electron chi connectivity index (χ3n) is 2.26. The highest BCUT2D eigenvalue weighted by atomic mass is 16.5. The number of hydrogen-bond acceptors (Lipinski definition) is 4. The molecule has 5 heteroatoms. The summed E-state index contributed by atoms with van der Waals surface area (Å²) in [4.78, 5) is 4.40. The van der Waals surface area contributed by atoms with Crippen molar-refractivity contribution in [2.24, 2.45) is 5.92 Å². The Hall–Kier alpha value is -1.62. The van der Waals surface area contributed by atoms with Crippen molar-refractivity contribution >= 4 is 11.5 Å². The smallest absolute Gasteiger partial charge is 0.157 e. The van der Waals surface area contributed by atoms with Crippen LogP contribution in [0.25, 0.3) is 5.65 Å². The molecule has 0 aliphatic carbocycles. The Kier molecular flexibility index (Phi) is 3.93. The Bertz CT molecular complexity index is 466. The van der Waals surface area contributed by atoms with Crippen molar-refractivity contribution in [3.63, 3.8) is 0 Å². The molecule has 0 atom stereocenters. The number of anilines is 1. The first-order valence-electron chi connectivity index (χ1n) is 5.88. The van der Waals surface area contributed by atoms with E-state index < -0.39 is 0 Å². The quantitative estimate of drug-likeness (QED) is 0.774. The highest BCUT2D eigenvalue weighted by molar-refractivity contribution is 5.45. The molecule has 0 aromatic carbocycles. The monoisotopic (exact) mass is 234 g/mol. The van der Waals surface area contributed by atoms with Gasteiger partial charge in [-0.15, -0.1) is 0 Å². The number of hydrogen-bond donors (Lipinski definition) is 1. The van der Waals surface area contributed by atoms with E-state index in [4.69, 9.17) is 4.74 Å². The van der Waals surface area contributed by atoms with Crippen LogP contribution in [-0.2, 0) is 4.74 Å². The highest BCUT2D eigenvalue weighted by Gasteiger charge is 1.98. The number of aromatic nitrogens is 3. The largest absolute Gasteiger partial charge is 0.379 e. The second-order valence-electron chi connectivity index (χ2n) is 4.34. The standard InChI is InChI=1S/C12H18N4O/c1-10(2)9-17-8-6-13-11-4-7-16-12(15-11)3-5-14-16/h3-5,7,10H,6,8-9H2,1-2H3,(H,13,15). The Balaban J connectivity index is 1.78. The van der Waals surface area contributed by atoms with Crippen LogP contribution in [0.2, 0.25) is 0 Å². The van der Waals surface area contributed by atoms with E-state index in [0.717, 1.165) is 24.6 Å². The molecule has 0 spiro atoms. The molecule has 0 fully saturated rings. The van der Waals surface area contributed by atoms with Crippen LogP contribution in [-0.4, -0.2) is 34.4 Å². The molecule has 0 saturated heterocycles. The van der Waals surface area contributed by atoms with Crippen molar-refractivity contribution in [2.75, 3.05) is 25.1 Å². The van der Waals surface area contributed by atoms with E-state index >= 15 is 0 Å². The number of nitrogens with one attached hydrogen (secondary N) is 1. The van der Waals surface area contributed by atoms with Crippen molar-refractivity contribution in [1.82, 2.24) is 14.6 Å². The van der Waals surface area contributed by atoms with Crippen LogP contribution in [0.5, 0.6) is 0 Å². The maximum atomic E-state index is 5.48. The van der Waals surface area contributed by atoms with Crippen LogP contribution in [0.1, 0.15) is 13.8 Å². The molecule has 0 unspecified atom stereocenters. The normalized spacial score (nSPS) is 11.2. The van der Waals surface area contributed by atoms with Crippen LogP contribution in [0.4, 0.5) is 5.82 Å². The predicted molar refractivity (Wildman–Crippen MR) is 67.1 cm³/mol. The zero-order valence-electron chi connectivity index (χ0n) is 10.3. The van der Waals surface area contributed by atoms with Gasteiger partial charge >= 0.3 is 0 Å². The molecular weight excluding hydrogens is 216 g/mol. The highest BCUT2D eigenvalue weighted by Crippen LogP contribution is 2.05. The summed E-state index contributed by atoms with van der Waals surface area (Å²) in [6.45, 7) is 6.55. The summed E-state index contributed by atoms with van der Waals surface area (Å²) >= 11 is 0. The van der Waals surface area contributed by atoms with Gasteiger partial charge in [-0.25, -0.2) is 9.50 Å². The van der Waals surface area contributed by atoms with E-state index in [1.807, 2.05) is 18.3 Å². The summed E-state index contributed by atoms with van der Waals surface area (Å²) in [7, 11) is 0. The molecule has 5 nitrogen and oxygen atoms in total. The van der Waals surface area contributed by atoms with Crippen molar-refractivity contribution in [2.45, 2.75) is 13.8 Å². The SMILES string of the molecule is CC(C)COCCNc1ccn2nccc2n1. The summed E-state index contributed by atoms with van der Waals surface area (Å²) in [6.07, 6.45) is 3.62. The van der Waals surface area contributed by atoms with E-state index in [1.165, 1.54) is 0 Å². The molecule has 0 saturated carbocycles. The fourth-order valence-electron chi connectivity index (χ4n) is 1.48. The third-order valence-corrected chi connectivity index (χ3v) is 2.26. The number of fused-ring (bicyclic) bond motifs is 1. The molecule has 2 rings (SSSR count). The minimum Gasteiger partial charge on any atom is -0.379 e. The zero-order chi connectivity index (χ0) is 12.1. The fourth-order valence-corrected chi connectivity index (χ4v) is 1.48. The second kappa shape index (κ2) is 5.63. The lowest BCUT2D eigenvalue weighted by Crippen LogP contribution is -2.13. The Morgan fingerprint density at radius 1 is 1.41 bits per heavy atom. The van der Waals surface area contributed by atoms with Crippen molar-refractivity contribution in [3.05, 3.63) is 24.5 Å². The first-order valence-corrected chi connectivity index (χ1v) is 5.88. The minimum atomic E-state index is 0.580. The third kappa shape index (κ3) is 3.42. The van der Waals surface area contributed by atoms with Gasteiger partial charge in [0.1, 0.15) is 5.82 Å². The first-order chi connectivity index (χ1) is 8.25. The average Bonchev–Trinajstić information content (AvgIpc) is 2.75. The van der Waals surface area contributed by atoms with Gasteiger partial charge in [-0.05, 0) is 12.0 Å². The van der Waals surface area contributed by atoms with E-state index in [9.17, 15) is 0 Å². The number of ether oxygens (including phenoxy) is 1. The van der Waals surface area contributed by atoms with Crippen LogP contribution in [0, 0.1) is 5.92 Å². The van der Waals surface area contributed by atoms with E-state index in [1.54, 1.807) is 10.7 Å². The summed E-state index contributed by atoms with van der Waals surface area (Å²) < 4.78 is 7.22. The van der Waals surface area contributed by atoms with Gasteiger partial charge in [0.2, 0.25) is 0 Å². The van der Waals surface area contributed by atoms with Crippen LogP contribution in [0.15, 0.2) is 24.5 Å². The molecule has 17 heavy (non-hydrogen) atoms. The lowest BCUT2D eigenvalue weighted by atomic mass is 10.2. The van der Waals surface area contributed by atoms with Crippen molar-refractivity contribution < 1.29 is 4.74 Å². The van der Waals surface area contributed by atoms with Gasteiger partial charge in [0, 0.05) is 25.4 Å². The maximum absolute atomic E-state index is 5.48. The molecule has 2 aromatic heterocycles. The van der Waals surface area contributed by atoms with E-state index in [-0.39, 0.29) is 0 Å². The van der Waals surface area contributed by atoms with Gasteiger partial charge in [-0.1, -0.05) is 13.8 Å². The lowest BCUT2D eigenvalue weighted by molar-refractivity contribution is 0.118. The summed E-state index contributed by atoms with van der Waals surface area (Å²) in [6, 6.07) is 3.78. The lowest BCUT2D eigenvalue weighted by Gasteiger charge is -2.08. The van der Waals surface area contributed by atoms with E-state index in [0.29, 0.717) is 12.5 Å². The second-order valence-corrected chi connectivity index (χ2v) is 4.34. The van der Waals surface area contributed by atoms with Gasteiger partial charge in [-0.3, -0.25) is 0 Å². The van der Waals surface area contributed by atoms with Gasteiger partial charge in [0.25, 0.3) is 0 Å². The van der Waals surface area contributed by atoms with Gasteiger partial charge in [0.15, 0.2) is 5.65 Å². The Morgan fingerprint density at radius 3 is 3.12 bits per heavy atom. The van der Waals surface area contributed by atoms with Crippen LogP contribution in [0.3, 0.4) is 0 Å². The molecule has 0 aliphatic heterocycles. The molecule has 2 heterocycles. The molecule has 0 bridgehead atoms. The summed E-state index contributed by atoms with van der Waals surface area (Å²) in [5, 5.41) is 7.31. The molecule has 0 amide bonds. The maximum Gasteiger partial charge on any atom is 0.157 e. The molecular formula is C12H18N4O. The van der Waals surface area contributed by atoms with Gasteiger partial charge in [0.05, 0.1) is 12.8 Å². The van der Waals surface area contributed by atoms with Crippen molar-refractivity contribution in [1.29, 1.82) is 0 Å². The number of rotatable bonds is 6. The predicted octanol–water partition coefficient (Wildman–Crippen LogP) is 1.81. The number of nitrogens with zero attached hydrogens (tertiary/aromatic N) is 3. The average molecular weight is 234 g/mol. The van der Waals surface area contributed by atoms with Crippen LogP contribution >= 0.6 is 0 Å². The Morgan fingerprint density at radius 2 is 2.29 bits per heavy atom. The van der Waals surface area contributed by atoms with Gasteiger partial charge in [-0.2, -0.15) is 5.10 Å². The Labute approximate surface area is 101 Å². The van der Waals surface area contributed by atoms with E-state index in [2.05, 4.69) is 29.2 Å². The molecule has 1 N–H and O–H groups in total. The molecule has 0 aliphatic rings.